The van der Waals surface area contributed by atoms with Gasteiger partial charge in [0.15, 0.2) is 15.4 Å². The zero-order valence-corrected chi connectivity index (χ0v) is 18.7. The van der Waals surface area contributed by atoms with Crippen molar-refractivity contribution in [2.45, 2.75) is 26.4 Å². The summed E-state index contributed by atoms with van der Waals surface area (Å²) in [7, 11) is 0. The molecule has 1 aromatic carbocycles. The molecule has 3 aromatic heterocycles. The SMILES string of the molecule is CC(C)(C)OC(=O)n1ncc2cc(N(c3c(Br)nc4sccn34)S(=O)[O-])ccc21. The minimum atomic E-state index is -2.61. The van der Waals surface area contributed by atoms with Gasteiger partial charge in [-0.15, -0.1) is 11.3 Å². The van der Waals surface area contributed by atoms with Gasteiger partial charge < -0.3 is 9.29 Å². The first kappa shape index (κ1) is 20.0. The van der Waals surface area contributed by atoms with Crippen LogP contribution in [0, 0.1) is 0 Å². The van der Waals surface area contributed by atoms with Gasteiger partial charge in [0.25, 0.3) is 0 Å². The van der Waals surface area contributed by atoms with Crippen LogP contribution >= 0.6 is 27.3 Å². The van der Waals surface area contributed by atoms with E-state index in [2.05, 4.69) is 26.0 Å². The predicted octanol–water partition coefficient (Wildman–Crippen LogP) is 4.22. The van der Waals surface area contributed by atoms with Gasteiger partial charge >= 0.3 is 6.09 Å². The molecule has 0 aliphatic carbocycles. The lowest BCUT2D eigenvalue weighted by Gasteiger charge is -2.25. The molecule has 4 rings (SSSR count). The number of aromatic nitrogens is 4. The van der Waals surface area contributed by atoms with Gasteiger partial charge in [-0.05, 0) is 54.9 Å². The van der Waals surface area contributed by atoms with Gasteiger partial charge in [-0.25, -0.2) is 9.78 Å². The van der Waals surface area contributed by atoms with Crippen molar-refractivity contribution in [3.05, 3.63) is 40.6 Å². The van der Waals surface area contributed by atoms with Gasteiger partial charge in [0.2, 0.25) is 0 Å². The largest absolute Gasteiger partial charge is 0.755 e. The number of hydrogen-bond donors (Lipinski definition) is 0. The number of hydrogen-bond acceptors (Lipinski definition) is 7. The third kappa shape index (κ3) is 3.68. The number of thiazole rings is 1. The Kier molecular flexibility index (Phi) is 4.97. The van der Waals surface area contributed by atoms with Crippen LogP contribution in [0.5, 0.6) is 0 Å². The zero-order valence-electron chi connectivity index (χ0n) is 15.5. The van der Waals surface area contributed by atoms with E-state index >= 15 is 0 Å². The lowest BCUT2D eigenvalue weighted by Crippen LogP contribution is -2.27. The van der Waals surface area contributed by atoms with Gasteiger partial charge in [-0.2, -0.15) is 9.78 Å². The van der Waals surface area contributed by atoms with Crippen molar-refractivity contribution < 1.29 is 18.3 Å². The monoisotopic (exact) mass is 496 g/mol. The Labute approximate surface area is 180 Å². The van der Waals surface area contributed by atoms with Crippen LogP contribution in [0.2, 0.25) is 0 Å². The van der Waals surface area contributed by atoms with Crippen LogP contribution in [0.1, 0.15) is 20.8 Å². The van der Waals surface area contributed by atoms with E-state index in [4.69, 9.17) is 4.74 Å². The van der Waals surface area contributed by atoms with Crippen LogP contribution in [-0.2, 0) is 16.0 Å². The number of ether oxygens (including phenoxy) is 1. The number of imidazole rings is 1. The lowest BCUT2D eigenvalue weighted by molar-refractivity contribution is 0.0522. The zero-order chi connectivity index (χ0) is 20.9. The average Bonchev–Trinajstić information content (AvgIpc) is 3.29. The maximum Gasteiger partial charge on any atom is 0.435 e. The highest BCUT2D eigenvalue weighted by atomic mass is 79.9. The number of rotatable bonds is 3. The molecule has 0 saturated heterocycles. The third-order valence-electron chi connectivity index (χ3n) is 3.89. The van der Waals surface area contributed by atoms with Gasteiger partial charge in [0.1, 0.15) is 5.60 Å². The summed E-state index contributed by atoms with van der Waals surface area (Å²) in [6, 6.07) is 4.86. The Morgan fingerprint density at radius 1 is 1.38 bits per heavy atom. The second-order valence-electron chi connectivity index (χ2n) is 7.07. The van der Waals surface area contributed by atoms with Crippen LogP contribution < -0.4 is 4.31 Å². The van der Waals surface area contributed by atoms with Crippen LogP contribution in [0.25, 0.3) is 15.9 Å². The van der Waals surface area contributed by atoms with E-state index in [0.717, 1.165) is 8.99 Å². The van der Waals surface area contributed by atoms with E-state index in [-0.39, 0.29) is 0 Å². The number of fused-ring (bicyclic) bond motifs is 2. The summed E-state index contributed by atoms with van der Waals surface area (Å²) in [5.74, 6) is 0.355. The maximum atomic E-state index is 12.4. The maximum absolute atomic E-state index is 12.4. The van der Waals surface area contributed by atoms with E-state index in [9.17, 15) is 13.6 Å². The number of halogens is 1. The molecule has 0 fully saturated rings. The smallest absolute Gasteiger partial charge is 0.435 e. The first-order valence-electron chi connectivity index (χ1n) is 8.37. The quantitative estimate of drug-likeness (QED) is 0.393. The highest BCUT2D eigenvalue weighted by Gasteiger charge is 2.23. The van der Waals surface area contributed by atoms with Crippen molar-refractivity contribution in [1.82, 2.24) is 19.2 Å². The van der Waals surface area contributed by atoms with Crippen LogP contribution in [0.15, 0.2) is 40.6 Å². The number of carbonyl (C=O) groups is 1. The second kappa shape index (κ2) is 7.20. The van der Waals surface area contributed by atoms with Gasteiger partial charge in [-0.1, -0.05) is 0 Å². The molecule has 1 unspecified atom stereocenters. The summed E-state index contributed by atoms with van der Waals surface area (Å²) in [4.78, 5) is 17.3. The molecule has 1 atom stereocenters. The summed E-state index contributed by atoms with van der Waals surface area (Å²) >= 11 is 2.11. The van der Waals surface area contributed by atoms with Gasteiger partial charge in [-0.3, -0.25) is 12.9 Å². The van der Waals surface area contributed by atoms with Crippen molar-refractivity contribution in [3.8, 4) is 0 Å². The van der Waals surface area contributed by atoms with Crippen LogP contribution in [0.3, 0.4) is 0 Å². The molecule has 29 heavy (non-hydrogen) atoms. The molecular weight excluding hydrogens is 482 g/mol. The minimum Gasteiger partial charge on any atom is -0.755 e. The van der Waals surface area contributed by atoms with Crippen LogP contribution in [0.4, 0.5) is 16.3 Å². The molecule has 3 heterocycles. The molecule has 0 aliphatic heterocycles. The molecular formula is C17H15BrN5O4S2-. The highest BCUT2D eigenvalue weighted by Crippen LogP contribution is 2.36. The predicted molar refractivity (Wildman–Crippen MR) is 113 cm³/mol. The normalized spacial score (nSPS) is 13.1. The molecule has 0 amide bonds. The molecule has 0 radical (unpaired) electrons. The Morgan fingerprint density at radius 2 is 2.14 bits per heavy atom. The number of carbonyl (C=O) groups excluding carboxylic acids is 1. The van der Waals surface area contributed by atoms with Gasteiger partial charge in [0, 0.05) is 17.0 Å². The molecule has 9 nitrogen and oxygen atoms in total. The summed E-state index contributed by atoms with van der Waals surface area (Å²) < 4.78 is 33.9. The third-order valence-corrected chi connectivity index (χ3v) is 5.86. The van der Waals surface area contributed by atoms with Crippen molar-refractivity contribution in [1.29, 1.82) is 0 Å². The minimum absolute atomic E-state index is 0.355. The molecule has 0 aliphatic rings. The highest BCUT2D eigenvalue weighted by molar-refractivity contribution is 9.10. The van der Waals surface area contributed by atoms with Gasteiger partial charge in [0.05, 0.1) is 28.7 Å². The Bertz CT molecular complexity index is 1260. The van der Waals surface area contributed by atoms with Crippen molar-refractivity contribution in [3.63, 3.8) is 0 Å². The van der Waals surface area contributed by atoms with Crippen molar-refractivity contribution in [2.75, 3.05) is 4.31 Å². The fraction of sp³-hybridized carbons (Fsp3) is 0.235. The fourth-order valence-corrected chi connectivity index (χ4v) is 4.89. The Balaban J connectivity index is 1.79. The molecule has 152 valence electrons. The topological polar surface area (TPSA) is 105 Å². The summed E-state index contributed by atoms with van der Waals surface area (Å²) in [5, 5.41) is 6.50. The Hall–Kier alpha value is -2.28. The number of benzene rings is 1. The molecule has 4 aromatic rings. The average molecular weight is 497 g/mol. The summed E-state index contributed by atoms with van der Waals surface area (Å²) in [5.41, 5.74) is 0.224. The second-order valence-corrected chi connectivity index (χ2v) is 9.50. The lowest BCUT2D eigenvalue weighted by atomic mass is 10.2. The standard InChI is InChI=1S/C17H16BrN5O4S2/c1-17(2,3)27-16(24)22-12-5-4-11(8-10(12)9-19-22)23(29(25)26)14-13(18)20-15-21(14)6-7-28-15/h4-9H,1-3H3,(H,25,26)/p-1. The van der Waals surface area contributed by atoms with Crippen molar-refractivity contribution in [2.24, 2.45) is 0 Å². The van der Waals surface area contributed by atoms with E-state index in [1.807, 2.05) is 5.38 Å². The molecule has 0 N–H and O–H groups in total. The summed E-state index contributed by atoms with van der Waals surface area (Å²) in [6.45, 7) is 5.31. The first-order chi connectivity index (χ1) is 13.7. The number of nitrogens with zero attached hydrogens (tertiary/aromatic N) is 5. The van der Waals surface area contributed by atoms with E-state index in [1.54, 1.807) is 49.6 Å². The van der Waals surface area contributed by atoms with E-state index in [0.29, 0.717) is 32.0 Å². The Morgan fingerprint density at radius 3 is 2.83 bits per heavy atom. The van der Waals surface area contributed by atoms with E-state index in [1.165, 1.54) is 17.5 Å². The molecule has 12 heteroatoms. The summed E-state index contributed by atoms with van der Waals surface area (Å²) in [6.07, 6.45) is 2.62. The molecule has 0 saturated carbocycles. The first-order valence-corrected chi connectivity index (χ1v) is 11.1. The van der Waals surface area contributed by atoms with Crippen molar-refractivity contribution >= 4 is 72.0 Å². The molecule has 0 bridgehead atoms. The number of anilines is 2. The fourth-order valence-electron chi connectivity index (χ4n) is 2.81. The van der Waals surface area contributed by atoms with Crippen LogP contribution in [-0.4, -0.2) is 39.6 Å². The van der Waals surface area contributed by atoms with E-state index < -0.39 is 23.0 Å². The molecule has 0 spiro atoms.